The van der Waals surface area contributed by atoms with Crippen LogP contribution in [0.1, 0.15) is 12.8 Å². The van der Waals surface area contributed by atoms with Crippen LogP contribution >= 0.6 is 11.6 Å². The van der Waals surface area contributed by atoms with Gasteiger partial charge in [-0.2, -0.15) is 9.36 Å². The first kappa shape index (κ1) is 18.2. The minimum Gasteiger partial charge on any atom is -0.372 e. The Morgan fingerprint density at radius 1 is 1.04 bits per heavy atom. The number of rotatable bonds is 5. The molecular weight excluding hydrogens is 380 g/mol. The molecule has 1 aromatic heterocycles. The summed E-state index contributed by atoms with van der Waals surface area (Å²) in [5.41, 5.74) is 1.69. The van der Waals surface area contributed by atoms with Crippen molar-refractivity contribution in [3.8, 4) is 5.69 Å². The van der Waals surface area contributed by atoms with E-state index in [1.54, 1.807) is 24.3 Å². The maximum Gasteiger partial charge on any atom is 0.369 e. The normalized spacial score (nSPS) is 13.7. The lowest BCUT2D eigenvalue weighted by atomic mass is 10.2. The number of tetrazole rings is 1. The van der Waals surface area contributed by atoms with Crippen molar-refractivity contribution in [1.82, 2.24) is 19.8 Å². The number of halogens is 1. The van der Waals surface area contributed by atoms with Gasteiger partial charge in [0.15, 0.2) is 0 Å². The molecule has 1 aliphatic rings. The lowest BCUT2D eigenvalue weighted by molar-refractivity contribution is -0.117. The molecule has 8 nitrogen and oxygen atoms in total. The summed E-state index contributed by atoms with van der Waals surface area (Å²) < 4.78 is 2.07. The van der Waals surface area contributed by atoms with E-state index in [0.29, 0.717) is 16.4 Å². The second-order valence-electron chi connectivity index (χ2n) is 6.57. The van der Waals surface area contributed by atoms with Crippen LogP contribution in [-0.4, -0.2) is 38.8 Å². The van der Waals surface area contributed by atoms with Gasteiger partial charge in [0, 0.05) is 24.5 Å². The number of carbonyl (C=O) groups is 1. The summed E-state index contributed by atoms with van der Waals surface area (Å²) in [4.78, 5) is 27.1. The van der Waals surface area contributed by atoms with E-state index in [2.05, 4.69) is 20.6 Å². The molecule has 0 radical (unpaired) electrons. The molecule has 1 amide bonds. The molecule has 2 heterocycles. The third-order valence-corrected chi connectivity index (χ3v) is 4.96. The highest BCUT2D eigenvalue weighted by Gasteiger charge is 2.15. The second kappa shape index (κ2) is 7.85. The van der Waals surface area contributed by atoms with Crippen LogP contribution in [0.25, 0.3) is 5.69 Å². The first-order valence-corrected chi connectivity index (χ1v) is 9.42. The highest BCUT2D eigenvalue weighted by molar-refractivity contribution is 6.32. The van der Waals surface area contributed by atoms with Crippen molar-refractivity contribution in [3.63, 3.8) is 0 Å². The van der Waals surface area contributed by atoms with Gasteiger partial charge in [0.05, 0.1) is 10.7 Å². The molecule has 144 valence electrons. The first-order valence-electron chi connectivity index (χ1n) is 9.04. The molecule has 1 fully saturated rings. The van der Waals surface area contributed by atoms with Gasteiger partial charge in [-0.05, 0) is 59.7 Å². The van der Waals surface area contributed by atoms with Crippen LogP contribution in [0.15, 0.2) is 53.3 Å². The fraction of sp³-hybridized carbons (Fsp3) is 0.263. The molecule has 0 spiro atoms. The minimum atomic E-state index is -0.535. The molecule has 0 bridgehead atoms. The molecule has 0 saturated carbocycles. The molecule has 0 unspecified atom stereocenters. The van der Waals surface area contributed by atoms with Gasteiger partial charge in [0.1, 0.15) is 6.54 Å². The van der Waals surface area contributed by atoms with Gasteiger partial charge in [0.25, 0.3) is 0 Å². The van der Waals surface area contributed by atoms with Gasteiger partial charge < -0.3 is 10.2 Å². The van der Waals surface area contributed by atoms with Crippen LogP contribution in [0.2, 0.25) is 5.02 Å². The highest BCUT2D eigenvalue weighted by atomic mass is 35.5. The largest absolute Gasteiger partial charge is 0.372 e. The lowest BCUT2D eigenvalue weighted by Gasteiger charge is -2.17. The number of para-hydroxylation sites is 1. The summed E-state index contributed by atoms with van der Waals surface area (Å²) in [5, 5.41) is 10.7. The summed E-state index contributed by atoms with van der Waals surface area (Å²) >= 11 is 6.09. The van der Waals surface area contributed by atoms with Gasteiger partial charge >= 0.3 is 5.69 Å². The van der Waals surface area contributed by atoms with E-state index in [0.717, 1.165) is 28.1 Å². The molecule has 0 aliphatic carbocycles. The standard InChI is InChI=1S/C19H19ClN6O2/c20-16-5-1-2-6-17(16)26-19(28)25(22-23-26)13-18(27)21-14-7-9-15(10-8-14)24-11-3-4-12-24/h1-2,5-10H,3-4,11-13H2,(H,21,27). The van der Waals surface area contributed by atoms with Crippen molar-refractivity contribution in [1.29, 1.82) is 0 Å². The number of aromatic nitrogens is 4. The number of nitrogens with zero attached hydrogens (tertiary/aromatic N) is 5. The van der Waals surface area contributed by atoms with Crippen LogP contribution in [0, 0.1) is 0 Å². The molecule has 3 aromatic rings. The predicted octanol–water partition coefficient (Wildman–Crippen LogP) is 2.32. The molecule has 9 heteroatoms. The molecular formula is C19H19ClN6O2. The van der Waals surface area contributed by atoms with Gasteiger partial charge in [0.2, 0.25) is 5.91 Å². The lowest BCUT2D eigenvalue weighted by Crippen LogP contribution is -2.29. The quantitative estimate of drug-likeness (QED) is 0.713. The molecule has 0 atom stereocenters. The van der Waals surface area contributed by atoms with Crippen LogP contribution in [0.5, 0.6) is 0 Å². The predicted molar refractivity (Wildman–Crippen MR) is 107 cm³/mol. The van der Waals surface area contributed by atoms with Crippen LogP contribution in [-0.2, 0) is 11.3 Å². The fourth-order valence-electron chi connectivity index (χ4n) is 3.22. The first-order chi connectivity index (χ1) is 13.6. The Morgan fingerprint density at radius 3 is 2.46 bits per heavy atom. The SMILES string of the molecule is O=C(Cn1nnn(-c2ccccc2Cl)c1=O)Nc1ccc(N2CCCC2)cc1. The summed E-state index contributed by atoms with van der Waals surface area (Å²) in [6, 6.07) is 14.5. The maximum atomic E-state index is 12.5. The fourth-order valence-corrected chi connectivity index (χ4v) is 3.43. The van der Waals surface area contributed by atoms with E-state index < -0.39 is 5.69 Å². The Labute approximate surface area is 166 Å². The molecule has 4 rings (SSSR count). The van der Waals surface area contributed by atoms with Crippen molar-refractivity contribution < 1.29 is 4.79 Å². The zero-order valence-corrected chi connectivity index (χ0v) is 15.8. The Hall–Kier alpha value is -3.13. The van der Waals surface area contributed by atoms with Crippen molar-refractivity contribution in [3.05, 3.63) is 64.0 Å². The van der Waals surface area contributed by atoms with E-state index in [-0.39, 0.29) is 12.5 Å². The Balaban J connectivity index is 1.43. The summed E-state index contributed by atoms with van der Waals surface area (Å²) in [6.45, 7) is 1.89. The maximum absolute atomic E-state index is 12.5. The topological polar surface area (TPSA) is 85.0 Å². The molecule has 1 saturated heterocycles. The summed E-state index contributed by atoms with van der Waals surface area (Å²) in [7, 11) is 0. The van der Waals surface area contributed by atoms with Crippen LogP contribution in [0.3, 0.4) is 0 Å². The van der Waals surface area contributed by atoms with Crippen molar-refractivity contribution in [2.24, 2.45) is 0 Å². The smallest absolute Gasteiger partial charge is 0.369 e. The number of benzene rings is 2. The van der Waals surface area contributed by atoms with Crippen molar-refractivity contribution >= 4 is 28.9 Å². The minimum absolute atomic E-state index is 0.239. The van der Waals surface area contributed by atoms with Gasteiger partial charge in [-0.1, -0.05) is 23.7 Å². The number of anilines is 2. The van der Waals surface area contributed by atoms with Gasteiger partial charge in [-0.15, -0.1) is 0 Å². The zero-order chi connectivity index (χ0) is 19.5. The van der Waals surface area contributed by atoms with Crippen LogP contribution in [0.4, 0.5) is 11.4 Å². The molecule has 1 aliphatic heterocycles. The van der Waals surface area contributed by atoms with E-state index in [9.17, 15) is 9.59 Å². The van der Waals surface area contributed by atoms with E-state index in [4.69, 9.17) is 11.6 Å². The average Bonchev–Trinajstić information content (AvgIpc) is 3.34. The highest BCUT2D eigenvalue weighted by Crippen LogP contribution is 2.22. The van der Waals surface area contributed by atoms with E-state index >= 15 is 0 Å². The zero-order valence-electron chi connectivity index (χ0n) is 15.1. The van der Waals surface area contributed by atoms with E-state index in [1.165, 1.54) is 12.8 Å². The third-order valence-electron chi connectivity index (χ3n) is 4.64. The Kier molecular flexibility index (Phi) is 5.12. The molecule has 2 aromatic carbocycles. The Morgan fingerprint density at radius 2 is 1.75 bits per heavy atom. The average molecular weight is 399 g/mol. The Bertz CT molecular complexity index is 1040. The number of carbonyl (C=O) groups excluding carboxylic acids is 1. The monoisotopic (exact) mass is 398 g/mol. The number of hydrogen-bond acceptors (Lipinski definition) is 5. The number of amides is 1. The summed E-state index contributed by atoms with van der Waals surface area (Å²) in [6.07, 6.45) is 2.42. The van der Waals surface area contributed by atoms with E-state index in [1.807, 2.05) is 24.3 Å². The summed E-state index contributed by atoms with van der Waals surface area (Å²) in [5.74, 6) is -0.359. The van der Waals surface area contributed by atoms with Crippen molar-refractivity contribution in [2.75, 3.05) is 23.3 Å². The van der Waals surface area contributed by atoms with Crippen LogP contribution < -0.4 is 15.9 Å². The molecule has 1 N–H and O–H groups in total. The second-order valence-corrected chi connectivity index (χ2v) is 6.98. The third kappa shape index (κ3) is 3.77. The number of hydrogen-bond donors (Lipinski definition) is 1. The number of nitrogens with one attached hydrogen (secondary N) is 1. The van der Waals surface area contributed by atoms with Gasteiger partial charge in [-0.3, -0.25) is 4.79 Å². The molecule has 28 heavy (non-hydrogen) atoms. The van der Waals surface area contributed by atoms with Gasteiger partial charge in [-0.25, -0.2) is 4.79 Å². The van der Waals surface area contributed by atoms with Crippen molar-refractivity contribution in [2.45, 2.75) is 19.4 Å².